The average Bonchev–Trinajstić information content (AvgIpc) is 2.37. The molecule has 0 spiro atoms. The Morgan fingerprint density at radius 1 is 1.00 bits per heavy atom. The molecule has 0 aromatic heterocycles. The maximum Gasteiger partial charge on any atom is 0.0227 e. The quantitative estimate of drug-likeness (QED) is 0.889. The normalized spacial score (nSPS) is 35.9. The van der Waals surface area contributed by atoms with Crippen molar-refractivity contribution in [3.8, 4) is 0 Å². The highest BCUT2D eigenvalue weighted by atomic mass is 15.5. The summed E-state index contributed by atoms with van der Waals surface area (Å²) in [5.41, 5.74) is 5.30. The van der Waals surface area contributed by atoms with Crippen LogP contribution in [0.5, 0.6) is 0 Å². The van der Waals surface area contributed by atoms with Gasteiger partial charge in [-0.25, -0.2) is 5.01 Å². The number of benzene rings is 1. The molecule has 0 amide bonds. The van der Waals surface area contributed by atoms with Crippen LogP contribution in [0.25, 0.3) is 0 Å². The minimum Gasteiger partial charge on any atom is -0.252 e. The Bertz CT molecular complexity index is 387. The van der Waals surface area contributed by atoms with E-state index in [9.17, 15) is 0 Å². The Labute approximate surface area is 117 Å². The number of hydrogen-bond donors (Lipinski definition) is 1. The second-order valence-corrected chi connectivity index (χ2v) is 6.44. The fourth-order valence-corrected chi connectivity index (χ4v) is 3.61. The average molecular weight is 258 g/mol. The first-order valence-electron chi connectivity index (χ1n) is 7.83. The van der Waals surface area contributed by atoms with Crippen molar-refractivity contribution >= 4 is 0 Å². The molecular formula is C17H26N2. The summed E-state index contributed by atoms with van der Waals surface area (Å²) in [6.07, 6.45) is 6.65. The van der Waals surface area contributed by atoms with Crippen molar-refractivity contribution in [2.45, 2.75) is 70.0 Å². The molecule has 1 aromatic carbocycles. The van der Waals surface area contributed by atoms with Gasteiger partial charge in [-0.1, -0.05) is 36.8 Å². The summed E-state index contributed by atoms with van der Waals surface area (Å²) in [6, 6.07) is 13.0. The van der Waals surface area contributed by atoms with E-state index in [2.05, 4.69) is 54.6 Å². The molecule has 1 aliphatic carbocycles. The molecule has 1 saturated heterocycles. The van der Waals surface area contributed by atoms with Crippen LogP contribution in [0.4, 0.5) is 0 Å². The lowest BCUT2D eigenvalue weighted by Crippen LogP contribution is -2.57. The monoisotopic (exact) mass is 258 g/mol. The van der Waals surface area contributed by atoms with E-state index in [1.54, 1.807) is 0 Å². The van der Waals surface area contributed by atoms with Crippen molar-refractivity contribution in [1.29, 1.82) is 0 Å². The largest absolute Gasteiger partial charge is 0.252 e. The fourth-order valence-electron chi connectivity index (χ4n) is 3.61. The van der Waals surface area contributed by atoms with Crippen LogP contribution in [0.3, 0.4) is 0 Å². The van der Waals surface area contributed by atoms with E-state index >= 15 is 0 Å². The third-order valence-corrected chi connectivity index (χ3v) is 4.93. The van der Waals surface area contributed by atoms with E-state index in [1.165, 1.54) is 37.7 Å². The summed E-state index contributed by atoms with van der Waals surface area (Å²) in [5.74, 6) is 0.772. The molecule has 19 heavy (non-hydrogen) atoms. The van der Waals surface area contributed by atoms with Crippen LogP contribution < -0.4 is 5.43 Å². The zero-order chi connectivity index (χ0) is 13.2. The summed E-state index contributed by atoms with van der Waals surface area (Å²) < 4.78 is 0. The smallest absolute Gasteiger partial charge is 0.0227 e. The Balaban J connectivity index is 1.51. The molecule has 2 fully saturated rings. The molecule has 2 atom stereocenters. The fraction of sp³-hybridized carbons (Fsp3) is 0.647. The zero-order valence-electron chi connectivity index (χ0n) is 12.2. The number of nitrogens with zero attached hydrogens (tertiary/aromatic N) is 1. The third-order valence-electron chi connectivity index (χ3n) is 4.93. The van der Waals surface area contributed by atoms with Gasteiger partial charge in [0.1, 0.15) is 0 Å². The standard InChI is InChI=1S/C17H26N2/c1-13-7-6-8-14(2)19(13)18-17-11-16(12-17)15-9-4-3-5-10-15/h3-5,9-10,13-14,16-18H,6-8,11-12H2,1-2H3. The molecule has 1 heterocycles. The summed E-state index contributed by atoms with van der Waals surface area (Å²) in [5, 5.41) is 2.52. The molecular weight excluding hydrogens is 232 g/mol. The molecule has 1 saturated carbocycles. The third kappa shape index (κ3) is 2.85. The van der Waals surface area contributed by atoms with Gasteiger partial charge in [-0.15, -0.1) is 0 Å². The van der Waals surface area contributed by atoms with Crippen molar-refractivity contribution in [1.82, 2.24) is 10.4 Å². The first-order valence-corrected chi connectivity index (χ1v) is 7.83. The predicted molar refractivity (Wildman–Crippen MR) is 80.0 cm³/mol. The Hall–Kier alpha value is -0.860. The van der Waals surface area contributed by atoms with Gasteiger partial charge in [0.15, 0.2) is 0 Å². The number of rotatable bonds is 3. The molecule has 2 heteroatoms. The predicted octanol–water partition coefficient (Wildman–Crippen LogP) is 3.70. The molecule has 1 aromatic rings. The lowest BCUT2D eigenvalue weighted by molar-refractivity contribution is 0.0107. The van der Waals surface area contributed by atoms with Crippen LogP contribution in [-0.2, 0) is 0 Å². The van der Waals surface area contributed by atoms with Gasteiger partial charge in [0, 0.05) is 18.1 Å². The molecule has 104 valence electrons. The van der Waals surface area contributed by atoms with Gasteiger partial charge in [-0.3, -0.25) is 5.43 Å². The molecule has 2 nitrogen and oxygen atoms in total. The van der Waals surface area contributed by atoms with Crippen LogP contribution >= 0.6 is 0 Å². The van der Waals surface area contributed by atoms with E-state index < -0.39 is 0 Å². The van der Waals surface area contributed by atoms with Crippen LogP contribution in [0.2, 0.25) is 0 Å². The minimum atomic E-state index is 0.688. The molecule has 2 aliphatic rings. The van der Waals surface area contributed by atoms with Crippen LogP contribution in [-0.4, -0.2) is 23.1 Å². The second-order valence-electron chi connectivity index (χ2n) is 6.44. The van der Waals surface area contributed by atoms with Crippen LogP contribution in [0.15, 0.2) is 30.3 Å². The van der Waals surface area contributed by atoms with E-state index in [0.29, 0.717) is 18.1 Å². The molecule has 3 rings (SSSR count). The highest BCUT2D eigenvalue weighted by molar-refractivity contribution is 5.22. The molecule has 1 N–H and O–H groups in total. The molecule has 0 bridgehead atoms. The van der Waals surface area contributed by atoms with Gasteiger partial charge in [0.05, 0.1) is 0 Å². The molecule has 0 radical (unpaired) electrons. The lowest BCUT2D eigenvalue weighted by Gasteiger charge is -2.46. The zero-order valence-corrected chi connectivity index (χ0v) is 12.2. The number of hydrazine groups is 1. The van der Waals surface area contributed by atoms with E-state index in [1.807, 2.05) is 0 Å². The Kier molecular flexibility index (Phi) is 3.90. The van der Waals surface area contributed by atoms with Crippen molar-refractivity contribution in [2.24, 2.45) is 0 Å². The summed E-state index contributed by atoms with van der Waals surface area (Å²) >= 11 is 0. The van der Waals surface area contributed by atoms with Crippen molar-refractivity contribution in [3.63, 3.8) is 0 Å². The summed E-state index contributed by atoms with van der Waals surface area (Å²) in [6.45, 7) is 4.71. The number of hydrogen-bond acceptors (Lipinski definition) is 2. The Morgan fingerprint density at radius 2 is 1.63 bits per heavy atom. The highest BCUT2D eigenvalue weighted by Gasteiger charge is 2.34. The minimum absolute atomic E-state index is 0.688. The van der Waals surface area contributed by atoms with E-state index in [-0.39, 0.29) is 0 Å². The Morgan fingerprint density at radius 3 is 2.26 bits per heavy atom. The van der Waals surface area contributed by atoms with Crippen molar-refractivity contribution < 1.29 is 0 Å². The summed E-state index contributed by atoms with van der Waals surface area (Å²) in [4.78, 5) is 0. The van der Waals surface area contributed by atoms with Gasteiger partial charge >= 0.3 is 0 Å². The number of nitrogens with one attached hydrogen (secondary N) is 1. The van der Waals surface area contributed by atoms with Crippen LogP contribution in [0.1, 0.15) is 57.4 Å². The van der Waals surface area contributed by atoms with E-state index in [4.69, 9.17) is 0 Å². The highest BCUT2D eigenvalue weighted by Crippen LogP contribution is 2.37. The van der Waals surface area contributed by atoms with Gasteiger partial charge in [0.25, 0.3) is 0 Å². The van der Waals surface area contributed by atoms with Crippen molar-refractivity contribution in [3.05, 3.63) is 35.9 Å². The van der Waals surface area contributed by atoms with Gasteiger partial charge in [-0.05, 0) is 51.0 Å². The molecule has 2 unspecified atom stereocenters. The first-order chi connectivity index (χ1) is 9.24. The van der Waals surface area contributed by atoms with Gasteiger partial charge in [0.2, 0.25) is 0 Å². The maximum absolute atomic E-state index is 3.79. The van der Waals surface area contributed by atoms with Crippen molar-refractivity contribution in [2.75, 3.05) is 0 Å². The topological polar surface area (TPSA) is 15.3 Å². The molecule has 1 aliphatic heterocycles. The lowest BCUT2D eigenvalue weighted by atomic mass is 9.76. The first kappa shape index (κ1) is 13.1. The maximum atomic E-state index is 3.79. The second kappa shape index (κ2) is 5.64. The SMILES string of the molecule is CC1CCCC(C)N1NC1CC(c2ccccc2)C1. The van der Waals surface area contributed by atoms with E-state index in [0.717, 1.165) is 5.92 Å². The number of piperidine rings is 1. The van der Waals surface area contributed by atoms with Crippen LogP contribution in [0, 0.1) is 0 Å². The van der Waals surface area contributed by atoms with Gasteiger partial charge in [-0.2, -0.15) is 0 Å². The van der Waals surface area contributed by atoms with Gasteiger partial charge < -0.3 is 0 Å². The summed E-state index contributed by atoms with van der Waals surface area (Å²) in [7, 11) is 0.